The smallest absolute Gasteiger partial charge is 0.310 e. The van der Waals surface area contributed by atoms with Crippen molar-refractivity contribution >= 4 is 5.97 Å². The van der Waals surface area contributed by atoms with E-state index >= 15 is 0 Å². The van der Waals surface area contributed by atoms with E-state index in [1.807, 2.05) is 0 Å². The Bertz CT molecular complexity index is 233. The number of carboxylic acid groups (broad SMARTS) is 1. The number of nitrogens with zero attached hydrogens (tertiary/aromatic N) is 1. The number of hydrogen-bond acceptors (Lipinski definition) is 3. The summed E-state index contributed by atoms with van der Waals surface area (Å²) in [7, 11) is 0. The molecule has 1 heterocycles. The molecule has 2 unspecified atom stereocenters. The number of ether oxygens (including phenoxy) is 1. The van der Waals surface area contributed by atoms with Crippen LogP contribution in [0.1, 0.15) is 39.5 Å². The second-order valence-corrected chi connectivity index (χ2v) is 4.79. The Labute approximate surface area is 104 Å². The SMILES string of the molecule is CCCCCN(CCC)C1COCC1C(=O)O. The Morgan fingerprint density at radius 1 is 1.24 bits per heavy atom. The van der Waals surface area contributed by atoms with Crippen molar-refractivity contribution in [2.75, 3.05) is 26.3 Å². The summed E-state index contributed by atoms with van der Waals surface area (Å²) < 4.78 is 5.34. The molecule has 1 rings (SSSR count). The Morgan fingerprint density at radius 3 is 2.59 bits per heavy atom. The quantitative estimate of drug-likeness (QED) is 0.662. The number of carbonyl (C=O) groups is 1. The third kappa shape index (κ3) is 4.28. The van der Waals surface area contributed by atoms with Crippen LogP contribution in [0.25, 0.3) is 0 Å². The summed E-state index contributed by atoms with van der Waals surface area (Å²) in [4.78, 5) is 13.5. The Balaban J connectivity index is 2.52. The fraction of sp³-hybridized carbons (Fsp3) is 0.923. The van der Waals surface area contributed by atoms with Crippen LogP contribution in [0, 0.1) is 5.92 Å². The zero-order chi connectivity index (χ0) is 12.7. The van der Waals surface area contributed by atoms with Gasteiger partial charge in [-0.1, -0.05) is 26.7 Å². The first-order valence-electron chi connectivity index (χ1n) is 6.75. The van der Waals surface area contributed by atoms with E-state index in [9.17, 15) is 4.79 Å². The number of unbranched alkanes of at least 4 members (excludes halogenated alkanes) is 2. The Hall–Kier alpha value is -0.610. The lowest BCUT2D eigenvalue weighted by atomic mass is 10.0. The lowest BCUT2D eigenvalue weighted by Gasteiger charge is -2.30. The summed E-state index contributed by atoms with van der Waals surface area (Å²) >= 11 is 0. The minimum atomic E-state index is -0.718. The summed E-state index contributed by atoms with van der Waals surface area (Å²) in [5, 5.41) is 9.17. The molecule has 1 aliphatic rings. The molecule has 100 valence electrons. The van der Waals surface area contributed by atoms with Crippen LogP contribution >= 0.6 is 0 Å². The van der Waals surface area contributed by atoms with E-state index in [1.54, 1.807) is 0 Å². The van der Waals surface area contributed by atoms with Crippen LogP contribution in [-0.2, 0) is 9.53 Å². The van der Waals surface area contributed by atoms with E-state index in [1.165, 1.54) is 12.8 Å². The van der Waals surface area contributed by atoms with Crippen molar-refractivity contribution < 1.29 is 14.6 Å². The predicted molar refractivity (Wildman–Crippen MR) is 67.1 cm³/mol. The molecule has 0 aromatic heterocycles. The molecule has 0 spiro atoms. The summed E-state index contributed by atoms with van der Waals surface area (Å²) in [5.41, 5.74) is 0. The van der Waals surface area contributed by atoms with Gasteiger partial charge in [0, 0.05) is 6.04 Å². The third-order valence-electron chi connectivity index (χ3n) is 3.40. The average Bonchev–Trinajstić information content (AvgIpc) is 2.77. The lowest BCUT2D eigenvalue weighted by molar-refractivity contribution is -0.143. The fourth-order valence-corrected chi connectivity index (χ4v) is 2.43. The molecule has 2 atom stereocenters. The molecule has 0 aromatic carbocycles. The molecule has 1 saturated heterocycles. The van der Waals surface area contributed by atoms with Crippen molar-refractivity contribution in [1.82, 2.24) is 4.90 Å². The molecule has 4 nitrogen and oxygen atoms in total. The molecule has 1 fully saturated rings. The van der Waals surface area contributed by atoms with Crippen LogP contribution in [0.15, 0.2) is 0 Å². The van der Waals surface area contributed by atoms with Gasteiger partial charge in [0.05, 0.1) is 19.1 Å². The van der Waals surface area contributed by atoms with Gasteiger partial charge < -0.3 is 9.84 Å². The number of hydrogen-bond donors (Lipinski definition) is 1. The zero-order valence-electron chi connectivity index (χ0n) is 11.0. The van der Waals surface area contributed by atoms with E-state index < -0.39 is 5.97 Å². The minimum Gasteiger partial charge on any atom is -0.481 e. The molecule has 1 N–H and O–H groups in total. The van der Waals surface area contributed by atoms with Gasteiger partial charge in [-0.2, -0.15) is 0 Å². The lowest BCUT2D eigenvalue weighted by Crippen LogP contribution is -2.44. The van der Waals surface area contributed by atoms with E-state index in [0.29, 0.717) is 13.2 Å². The standard InChI is InChI=1S/C13H25NO3/c1-3-5-6-8-14(7-4-2)12-10-17-9-11(12)13(15)16/h11-12H,3-10H2,1-2H3,(H,15,16). The molecule has 0 aliphatic carbocycles. The van der Waals surface area contributed by atoms with Gasteiger partial charge in [0.2, 0.25) is 0 Å². The van der Waals surface area contributed by atoms with Crippen LogP contribution in [0.2, 0.25) is 0 Å². The Morgan fingerprint density at radius 2 is 2.00 bits per heavy atom. The monoisotopic (exact) mass is 243 g/mol. The van der Waals surface area contributed by atoms with E-state index in [4.69, 9.17) is 9.84 Å². The van der Waals surface area contributed by atoms with E-state index in [2.05, 4.69) is 18.7 Å². The van der Waals surface area contributed by atoms with Crippen molar-refractivity contribution in [2.45, 2.75) is 45.6 Å². The summed E-state index contributed by atoms with van der Waals surface area (Å²) in [6, 6.07) is 0.0734. The van der Waals surface area contributed by atoms with E-state index in [0.717, 1.165) is 25.9 Å². The highest BCUT2D eigenvalue weighted by atomic mass is 16.5. The van der Waals surface area contributed by atoms with Crippen LogP contribution < -0.4 is 0 Å². The van der Waals surface area contributed by atoms with E-state index in [-0.39, 0.29) is 12.0 Å². The maximum Gasteiger partial charge on any atom is 0.310 e. The van der Waals surface area contributed by atoms with Crippen LogP contribution in [0.4, 0.5) is 0 Å². The van der Waals surface area contributed by atoms with Gasteiger partial charge in [0.15, 0.2) is 0 Å². The number of carboxylic acids is 1. The van der Waals surface area contributed by atoms with Gasteiger partial charge in [-0.25, -0.2) is 0 Å². The molecule has 0 bridgehead atoms. The van der Waals surface area contributed by atoms with Crippen LogP contribution in [0.5, 0.6) is 0 Å². The van der Waals surface area contributed by atoms with Gasteiger partial charge in [-0.15, -0.1) is 0 Å². The first kappa shape index (κ1) is 14.5. The highest BCUT2D eigenvalue weighted by Crippen LogP contribution is 2.21. The van der Waals surface area contributed by atoms with Crippen LogP contribution in [-0.4, -0.2) is 48.3 Å². The van der Waals surface area contributed by atoms with Gasteiger partial charge in [-0.3, -0.25) is 9.69 Å². The molecule has 0 saturated carbocycles. The molecule has 17 heavy (non-hydrogen) atoms. The fourth-order valence-electron chi connectivity index (χ4n) is 2.43. The molecular weight excluding hydrogens is 218 g/mol. The molecule has 0 radical (unpaired) electrons. The number of aliphatic carboxylic acids is 1. The molecule has 0 amide bonds. The van der Waals surface area contributed by atoms with Gasteiger partial charge in [0.1, 0.15) is 0 Å². The van der Waals surface area contributed by atoms with Crippen molar-refractivity contribution in [3.05, 3.63) is 0 Å². The first-order chi connectivity index (χ1) is 8.20. The maximum atomic E-state index is 11.1. The normalized spacial score (nSPS) is 24.4. The molecule has 0 aromatic rings. The first-order valence-corrected chi connectivity index (χ1v) is 6.75. The Kier molecular flexibility index (Phi) is 6.52. The van der Waals surface area contributed by atoms with Crippen molar-refractivity contribution in [3.63, 3.8) is 0 Å². The molecule has 4 heteroatoms. The molecular formula is C13H25NO3. The predicted octanol–water partition coefficient (Wildman–Crippen LogP) is 1.99. The largest absolute Gasteiger partial charge is 0.481 e. The average molecular weight is 243 g/mol. The van der Waals surface area contributed by atoms with Crippen LogP contribution in [0.3, 0.4) is 0 Å². The highest BCUT2D eigenvalue weighted by molar-refractivity contribution is 5.71. The topological polar surface area (TPSA) is 49.8 Å². The second kappa shape index (κ2) is 7.67. The summed E-state index contributed by atoms with van der Waals surface area (Å²) in [5.74, 6) is -1.06. The van der Waals surface area contributed by atoms with Gasteiger partial charge in [-0.05, 0) is 25.9 Å². The molecule has 1 aliphatic heterocycles. The minimum absolute atomic E-state index is 0.0734. The van der Waals surface area contributed by atoms with Crippen molar-refractivity contribution in [2.24, 2.45) is 5.92 Å². The second-order valence-electron chi connectivity index (χ2n) is 4.79. The summed E-state index contributed by atoms with van der Waals surface area (Å²) in [6.45, 7) is 7.24. The maximum absolute atomic E-state index is 11.1. The number of rotatable bonds is 8. The zero-order valence-corrected chi connectivity index (χ0v) is 11.0. The highest BCUT2D eigenvalue weighted by Gasteiger charge is 2.37. The van der Waals surface area contributed by atoms with Gasteiger partial charge >= 0.3 is 5.97 Å². The van der Waals surface area contributed by atoms with Crippen molar-refractivity contribution in [3.8, 4) is 0 Å². The van der Waals surface area contributed by atoms with Gasteiger partial charge in [0.25, 0.3) is 0 Å². The third-order valence-corrected chi connectivity index (χ3v) is 3.40. The summed E-state index contributed by atoms with van der Waals surface area (Å²) in [6.07, 6.45) is 4.63. The van der Waals surface area contributed by atoms with Crippen molar-refractivity contribution in [1.29, 1.82) is 0 Å².